The van der Waals surface area contributed by atoms with Crippen molar-refractivity contribution in [3.05, 3.63) is 76.4 Å². The maximum atomic E-state index is 10.8. The Labute approximate surface area is 196 Å². The van der Waals surface area contributed by atoms with E-state index in [1.165, 1.54) is 4.57 Å². The van der Waals surface area contributed by atoms with Crippen molar-refractivity contribution in [1.82, 2.24) is 4.57 Å². The van der Waals surface area contributed by atoms with Crippen molar-refractivity contribution in [3.63, 3.8) is 0 Å². The minimum absolute atomic E-state index is 0.110. The Kier molecular flexibility index (Phi) is 6.72. The average molecular weight is 465 g/mol. The fraction of sp³-hybridized carbons (Fsp3) is 0.280. The van der Waals surface area contributed by atoms with Gasteiger partial charge in [-0.1, -0.05) is 72.4 Å². The summed E-state index contributed by atoms with van der Waals surface area (Å²) in [6, 6.07) is 21.0. The molecule has 1 aliphatic heterocycles. The summed E-state index contributed by atoms with van der Waals surface area (Å²) in [6.45, 7) is 1.39. The summed E-state index contributed by atoms with van der Waals surface area (Å²) in [7, 11) is 0. The van der Waals surface area contributed by atoms with Gasteiger partial charge in [-0.2, -0.15) is 5.26 Å². The van der Waals surface area contributed by atoms with Crippen LogP contribution in [0.3, 0.4) is 0 Å². The molecule has 0 radical (unpaired) electrons. The predicted molar refractivity (Wildman–Crippen MR) is 125 cm³/mol. The van der Waals surface area contributed by atoms with Gasteiger partial charge in [-0.15, -0.1) is 0 Å². The Morgan fingerprint density at radius 1 is 0.970 bits per heavy atom. The van der Waals surface area contributed by atoms with Gasteiger partial charge in [0.05, 0.1) is 17.9 Å². The zero-order valence-corrected chi connectivity index (χ0v) is 18.7. The maximum Gasteiger partial charge on any atom is 0.164 e. The Hall–Kier alpha value is -2.90. The lowest BCUT2D eigenvalue weighted by Crippen LogP contribution is -2.56. The third-order valence-corrected chi connectivity index (χ3v) is 6.31. The molecule has 3 aromatic rings. The number of benzene rings is 2. The second kappa shape index (κ2) is 9.53. The number of nitrogens with zero attached hydrogens (tertiary/aromatic N) is 2. The second-order valence-corrected chi connectivity index (χ2v) is 8.44. The Bertz CT molecular complexity index is 1230. The molecule has 5 atom stereocenters. The van der Waals surface area contributed by atoms with Crippen LogP contribution < -0.4 is 0 Å². The van der Waals surface area contributed by atoms with Gasteiger partial charge in [-0.3, -0.25) is 0 Å². The van der Waals surface area contributed by atoms with E-state index in [1.807, 2.05) is 61.5 Å². The first-order valence-electron chi connectivity index (χ1n) is 10.5. The van der Waals surface area contributed by atoms with E-state index in [1.54, 1.807) is 6.07 Å². The number of hydrogen-bond donors (Lipinski definition) is 4. The minimum atomic E-state index is -1.58. The Morgan fingerprint density at radius 3 is 2.24 bits per heavy atom. The number of aromatic nitrogens is 1. The molecule has 1 saturated heterocycles. The van der Waals surface area contributed by atoms with Crippen molar-refractivity contribution >= 4 is 12.2 Å². The Morgan fingerprint density at radius 2 is 1.64 bits per heavy atom. The highest BCUT2D eigenvalue weighted by molar-refractivity contribution is 7.71. The molecule has 0 unspecified atom stereocenters. The van der Waals surface area contributed by atoms with Gasteiger partial charge in [0, 0.05) is 5.56 Å². The van der Waals surface area contributed by atoms with Gasteiger partial charge < -0.3 is 29.7 Å². The summed E-state index contributed by atoms with van der Waals surface area (Å²) in [4.78, 5) is 0. The smallest absolute Gasteiger partial charge is 0.164 e. The van der Waals surface area contributed by atoms with E-state index in [4.69, 9.17) is 17.0 Å². The fourth-order valence-electron chi connectivity index (χ4n) is 4.07. The van der Waals surface area contributed by atoms with Crippen molar-refractivity contribution < 1.29 is 25.2 Å². The Balaban J connectivity index is 2.01. The van der Waals surface area contributed by atoms with Gasteiger partial charge in [0.25, 0.3) is 0 Å². The molecule has 1 aliphatic rings. The van der Waals surface area contributed by atoms with Crippen LogP contribution in [-0.2, 0) is 4.74 Å². The van der Waals surface area contributed by atoms with E-state index in [-0.39, 0.29) is 10.2 Å². The first kappa shape index (κ1) is 23.3. The summed E-state index contributed by atoms with van der Waals surface area (Å²) >= 11 is 5.71. The van der Waals surface area contributed by atoms with Crippen molar-refractivity contribution in [2.75, 3.05) is 6.61 Å². The van der Waals surface area contributed by atoms with Crippen molar-refractivity contribution in [2.45, 2.75) is 37.6 Å². The zero-order chi connectivity index (χ0) is 23.7. The third-order valence-electron chi connectivity index (χ3n) is 5.91. The number of ether oxygens (including phenoxy) is 1. The van der Waals surface area contributed by atoms with Crippen LogP contribution in [-0.4, -0.2) is 56.0 Å². The average Bonchev–Trinajstić information content (AvgIpc) is 2.84. The largest absolute Gasteiger partial charge is 0.394 e. The van der Waals surface area contributed by atoms with Crippen molar-refractivity contribution in [3.8, 4) is 28.5 Å². The van der Waals surface area contributed by atoms with Crippen LogP contribution in [0.2, 0.25) is 0 Å². The van der Waals surface area contributed by atoms with E-state index >= 15 is 0 Å². The molecule has 170 valence electrons. The minimum Gasteiger partial charge on any atom is -0.394 e. The van der Waals surface area contributed by atoms with E-state index < -0.39 is 37.3 Å². The van der Waals surface area contributed by atoms with Crippen LogP contribution in [0.1, 0.15) is 17.4 Å². The summed E-state index contributed by atoms with van der Waals surface area (Å²) in [5.41, 5.74) is 4.00. The molecule has 1 fully saturated rings. The monoisotopic (exact) mass is 464 g/mol. The number of hydrogen-bond acceptors (Lipinski definition) is 7. The SMILES string of the molecule is Cc1ccc(-c2cc(-c3ccccc3)c(C#N)c(=S)n2[C@@H]2O[C@H](CO)[C@@H](O)[C@H](O)[C@H]2O)cc1. The first-order valence-corrected chi connectivity index (χ1v) is 10.9. The lowest BCUT2D eigenvalue weighted by molar-refractivity contribution is -0.251. The second-order valence-electron chi connectivity index (χ2n) is 8.06. The molecule has 1 aromatic heterocycles. The number of aliphatic hydroxyl groups excluding tert-OH is 4. The molecule has 33 heavy (non-hydrogen) atoms. The summed E-state index contributed by atoms with van der Waals surface area (Å²) in [5, 5.41) is 51.0. The number of pyridine rings is 1. The molecule has 7 nitrogen and oxygen atoms in total. The molecule has 0 saturated carbocycles. The van der Waals surface area contributed by atoms with Gasteiger partial charge in [0.1, 0.15) is 35.1 Å². The van der Waals surface area contributed by atoms with E-state index in [0.29, 0.717) is 11.3 Å². The van der Waals surface area contributed by atoms with Gasteiger partial charge in [-0.25, -0.2) is 0 Å². The van der Waals surface area contributed by atoms with Crippen molar-refractivity contribution in [2.24, 2.45) is 0 Å². The lowest BCUT2D eigenvalue weighted by Gasteiger charge is -2.41. The van der Waals surface area contributed by atoms with Crippen LogP contribution in [0, 0.1) is 22.9 Å². The molecule has 2 heterocycles. The van der Waals surface area contributed by atoms with Crippen LogP contribution >= 0.6 is 12.2 Å². The normalized spacial score (nSPS) is 24.9. The molecular formula is C25H24N2O5S. The number of nitriles is 1. The molecule has 8 heteroatoms. The highest BCUT2D eigenvalue weighted by Gasteiger charge is 2.45. The topological polar surface area (TPSA) is 119 Å². The standard InChI is InChI=1S/C25H24N2O5S/c1-14-7-9-16(10-8-14)19-11-17(15-5-3-2-4-6-15)18(12-26)25(33)27(19)24-23(31)22(30)21(29)20(13-28)32-24/h2-11,20-24,28-31H,13H2,1H3/t20-,21-,22+,23-,24-/m1/s1. The molecule has 0 spiro atoms. The molecule has 0 bridgehead atoms. The molecule has 4 rings (SSSR count). The van der Waals surface area contributed by atoms with Gasteiger partial charge in [0.15, 0.2) is 6.23 Å². The number of aliphatic hydroxyl groups is 4. The van der Waals surface area contributed by atoms with Gasteiger partial charge in [0.2, 0.25) is 0 Å². The van der Waals surface area contributed by atoms with Gasteiger partial charge >= 0.3 is 0 Å². The van der Waals surface area contributed by atoms with Gasteiger partial charge in [-0.05, 0) is 24.1 Å². The molecule has 2 aromatic carbocycles. The molecular weight excluding hydrogens is 440 g/mol. The van der Waals surface area contributed by atoms with Crippen LogP contribution in [0.15, 0.2) is 60.7 Å². The van der Waals surface area contributed by atoms with Crippen molar-refractivity contribution in [1.29, 1.82) is 5.26 Å². The summed E-state index contributed by atoms with van der Waals surface area (Å²) < 4.78 is 7.39. The third kappa shape index (κ3) is 4.23. The van der Waals surface area contributed by atoms with E-state index in [0.717, 1.165) is 16.7 Å². The quantitative estimate of drug-likeness (QED) is 0.439. The fourth-order valence-corrected chi connectivity index (χ4v) is 4.43. The lowest BCUT2D eigenvalue weighted by atomic mass is 9.95. The van der Waals surface area contributed by atoms with E-state index in [2.05, 4.69) is 6.07 Å². The maximum absolute atomic E-state index is 10.8. The molecule has 0 amide bonds. The van der Waals surface area contributed by atoms with E-state index in [9.17, 15) is 25.7 Å². The van der Waals surface area contributed by atoms with Crippen LogP contribution in [0.25, 0.3) is 22.4 Å². The van der Waals surface area contributed by atoms with Crippen LogP contribution in [0.4, 0.5) is 0 Å². The zero-order valence-electron chi connectivity index (χ0n) is 17.9. The highest BCUT2D eigenvalue weighted by atomic mass is 32.1. The first-order chi connectivity index (χ1) is 15.9. The number of rotatable bonds is 4. The predicted octanol–water partition coefficient (Wildman–Crippen LogP) is 2.70. The highest BCUT2D eigenvalue weighted by Crippen LogP contribution is 2.37. The number of aryl methyl sites for hydroxylation is 1. The molecule has 0 aliphatic carbocycles. The van der Waals surface area contributed by atoms with Crippen LogP contribution in [0.5, 0.6) is 0 Å². The summed E-state index contributed by atoms with van der Waals surface area (Å²) in [5.74, 6) is 0. The molecule has 4 N–H and O–H groups in total. The summed E-state index contributed by atoms with van der Waals surface area (Å²) in [6.07, 6.45) is -6.97.